The summed E-state index contributed by atoms with van der Waals surface area (Å²) in [6.07, 6.45) is 69.4. The fourth-order valence-electron chi connectivity index (χ4n) is 22.1. The van der Waals surface area contributed by atoms with Gasteiger partial charge in [-0.3, -0.25) is 42.5 Å². The summed E-state index contributed by atoms with van der Waals surface area (Å²) in [7, 11) is 0. The van der Waals surface area contributed by atoms with Crippen LogP contribution in [0.15, 0.2) is 0 Å². The molecule has 9 aliphatic rings. The molecular weight excluding hydrogens is 1590 g/mol. The van der Waals surface area contributed by atoms with Crippen molar-refractivity contribution in [3.8, 4) is 0 Å². The van der Waals surface area contributed by atoms with E-state index in [4.69, 9.17) is 37.9 Å². The summed E-state index contributed by atoms with van der Waals surface area (Å²) in [5, 5.41) is 36.5. The van der Waals surface area contributed by atoms with Gasteiger partial charge in [0.2, 0.25) is 0 Å². The first-order chi connectivity index (χ1) is 55.3. The van der Waals surface area contributed by atoms with Crippen molar-refractivity contribution in [1.29, 1.82) is 0 Å². The van der Waals surface area contributed by atoms with E-state index in [0.717, 1.165) is 156 Å². The first-order valence-corrected chi connectivity index (χ1v) is 50.3. The summed E-state index contributed by atoms with van der Waals surface area (Å²) >= 11 is 0. The summed E-state index contributed by atoms with van der Waals surface area (Å²) in [6, 6.07) is 0. The molecular formula is C96H184N8O8Pt+2. The van der Waals surface area contributed by atoms with Crippen LogP contribution in [-0.2, 0) is 59.0 Å². The molecule has 4 saturated carbocycles. The van der Waals surface area contributed by atoms with Gasteiger partial charge in [0.25, 0.3) is 0 Å². The Hall–Kier alpha value is 0.0483. The third-order valence-corrected chi connectivity index (χ3v) is 28.8. The molecule has 4 aliphatic carbocycles. The van der Waals surface area contributed by atoms with Gasteiger partial charge in [-0.05, 0) is 150 Å². The Kier molecular flexibility index (Phi) is 52.1. The van der Waals surface area contributed by atoms with E-state index in [0.29, 0.717) is 47.3 Å². The minimum atomic E-state index is 0. The van der Waals surface area contributed by atoms with E-state index in [9.17, 15) is 0 Å². The third-order valence-electron chi connectivity index (χ3n) is 28.8. The van der Waals surface area contributed by atoms with Crippen LogP contribution in [0.4, 0.5) is 0 Å². The fourth-order valence-corrected chi connectivity index (χ4v) is 22.1. The molecule has 113 heavy (non-hydrogen) atoms. The Morgan fingerprint density at radius 2 is 0.248 bits per heavy atom. The van der Waals surface area contributed by atoms with Gasteiger partial charge in [-0.2, -0.15) is 0 Å². The van der Waals surface area contributed by atoms with Gasteiger partial charge in [0.1, 0.15) is 0 Å². The molecule has 5 saturated heterocycles. The molecule has 16 atom stereocenters. The van der Waals surface area contributed by atoms with Crippen molar-refractivity contribution in [2.75, 3.05) is 52.9 Å². The maximum Gasteiger partial charge on any atom is 2.00 e. The van der Waals surface area contributed by atoms with Gasteiger partial charge >= 0.3 is 21.1 Å². The van der Waals surface area contributed by atoms with Crippen molar-refractivity contribution >= 4 is 0 Å². The zero-order valence-corrected chi connectivity index (χ0v) is 77.0. The standard InChI is InChI=1S/C96H184N8O8.Pt/c1-9-17-25-33-41-49-57-105-81-65-73-74(66-82(81)106-58-50-42-34-26-18-10-2)90-97-89(73)101-91-75-67-83(107-59-51-43-35-27-19-11-3)84(108-60-52-44-36-28-20-12-4)68-76(75)93(98-91)103-95-79-71-87(111-63-55-47-39-31-23-15-7)88(112-64-56-48-40-32-24-16-8)72-80(79)96(100-95)104-94-78-70-86(110-62-54-46-38-30-22-14-6)85(69-77(78)92(99-94)102-90)109-61-53-45-37-29-21-13-5;/h73-104H,9-72H2,1-8H3;/q;+2. The molecule has 0 amide bonds. The SMILES string of the molecule is CCCCCCCCOC1CC2C3NC(NC4NC(NC5NC(NC6NC(N3)C3CC(OCCCCCCCC)C(OCCCCCCCC)CC63)C3CC(OCCCCCCCC)C(OCCCCCCCC)CC53)C3CC(OCCCCCCCC)C(OCCCCCCCC)CC43)C2CC1OCCCCCCCC.[Pt+2]. The Labute approximate surface area is 710 Å². The van der Waals surface area contributed by atoms with E-state index in [-0.39, 0.29) is 119 Å². The number of rotatable bonds is 64. The molecule has 0 radical (unpaired) electrons. The predicted molar refractivity (Wildman–Crippen MR) is 465 cm³/mol. The second-order valence-electron chi connectivity index (χ2n) is 37.8. The predicted octanol–water partition coefficient (Wildman–Crippen LogP) is 21.4. The van der Waals surface area contributed by atoms with Crippen molar-refractivity contribution in [2.24, 2.45) is 47.3 Å². The van der Waals surface area contributed by atoms with Gasteiger partial charge in [0, 0.05) is 52.9 Å². The zero-order valence-electron chi connectivity index (χ0n) is 74.7. The molecule has 8 N–H and O–H groups in total. The molecule has 16 unspecified atom stereocenters. The van der Waals surface area contributed by atoms with Gasteiger partial charge in [0.15, 0.2) is 0 Å². The zero-order chi connectivity index (χ0) is 78.4. The van der Waals surface area contributed by atoms with Crippen LogP contribution in [0.2, 0.25) is 0 Å². The van der Waals surface area contributed by atoms with E-state index in [1.807, 2.05) is 0 Å². The first-order valence-electron chi connectivity index (χ1n) is 50.3. The summed E-state index contributed by atoms with van der Waals surface area (Å²) in [5.74, 6) is 2.64. The Balaban J connectivity index is 0.0000160. The van der Waals surface area contributed by atoms with Crippen LogP contribution in [-0.4, -0.2) is 151 Å². The molecule has 9 fully saturated rings. The van der Waals surface area contributed by atoms with Crippen LogP contribution in [0.1, 0.15) is 415 Å². The molecule has 5 aliphatic heterocycles. The molecule has 16 nitrogen and oxygen atoms in total. The van der Waals surface area contributed by atoms with Gasteiger partial charge < -0.3 is 37.9 Å². The Morgan fingerprint density at radius 3 is 0.354 bits per heavy atom. The van der Waals surface area contributed by atoms with Gasteiger partial charge in [0.05, 0.1) is 98.2 Å². The normalized spacial score (nSPS) is 33.3. The molecule has 17 heteroatoms. The minimum absolute atomic E-state index is 0. The Morgan fingerprint density at radius 1 is 0.150 bits per heavy atom. The topological polar surface area (TPSA) is 170 Å². The molecule has 0 aromatic rings. The molecule has 0 spiro atoms. The van der Waals surface area contributed by atoms with Crippen LogP contribution in [0.25, 0.3) is 0 Å². The van der Waals surface area contributed by atoms with E-state index in [1.165, 1.54) is 257 Å². The number of ether oxygens (including phenoxy) is 8. The number of hydrogen-bond donors (Lipinski definition) is 8. The summed E-state index contributed by atoms with van der Waals surface area (Å²) in [5.41, 5.74) is 0. The quantitative estimate of drug-likeness (QED) is 0.0270. The third kappa shape index (κ3) is 33.9. The second kappa shape index (κ2) is 59.8. The molecule has 5 heterocycles. The van der Waals surface area contributed by atoms with E-state index >= 15 is 0 Å². The summed E-state index contributed by atoms with van der Waals surface area (Å²) in [6.45, 7) is 25.1. The summed E-state index contributed by atoms with van der Waals surface area (Å²) in [4.78, 5) is 0. The average Bonchev–Trinajstić information content (AvgIpc) is 1.62. The number of unbranched alkanes of at least 4 members (excludes halogenated alkanes) is 40. The van der Waals surface area contributed by atoms with E-state index in [2.05, 4.69) is 97.9 Å². The van der Waals surface area contributed by atoms with Crippen LogP contribution in [0, 0.1) is 47.3 Å². The first kappa shape index (κ1) is 98.5. The molecule has 0 aromatic carbocycles. The Bertz CT molecular complexity index is 1850. The molecule has 9 rings (SSSR count). The maximum atomic E-state index is 7.30. The largest absolute Gasteiger partial charge is 2.00 e. The second-order valence-corrected chi connectivity index (χ2v) is 37.8. The smallest absolute Gasteiger partial charge is 0.376 e. The van der Waals surface area contributed by atoms with E-state index in [1.54, 1.807) is 0 Å². The van der Waals surface area contributed by atoms with Crippen molar-refractivity contribution in [1.82, 2.24) is 42.5 Å². The average molecular weight is 1770 g/mol. The van der Waals surface area contributed by atoms with Gasteiger partial charge in [-0.25, -0.2) is 0 Å². The monoisotopic (exact) mass is 1770 g/mol. The number of nitrogens with one attached hydrogen (secondary N) is 8. The molecule has 8 bridgehead atoms. The van der Waals surface area contributed by atoms with Gasteiger partial charge in [-0.1, -0.05) is 312 Å². The molecule has 664 valence electrons. The van der Waals surface area contributed by atoms with Crippen LogP contribution < -0.4 is 42.5 Å². The van der Waals surface area contributed by atoms with Gasteiger partial charge in [-0.15, -0.1) is 0 Å². The van der Waals surface area contributed by atoms with Crippen molar-refractivity contribution in [3.63, 3.8) is 0 Å². The summed E-state index contributed by atoms with van der Waals surface area (Å²) < 4.78 is 58.4. The number of fused-ring (bicyclic) bond motifs is 20. The van der Waals surface area contributed by atoms with Crippen LogP contribution >= 0.6 is 0 Å². The fraction of sp³-hybridized carbons (Fsp3) is 1.00. The van der Waals surface area contributed by atoms with Crippen molar-refractivity contribution < 1.29 is 59.0 Å². The van der Waals surface area contributed by atoms with E-state index < -0.39 is 0 Å². The molecule has 0 aromatic heterocycles. The van der Waals surface area contributed by atoms with Crippen LogP contribution in [0.5, 0.6) is 0 Å². The number of hydrogen-bond acceptors (Lipinski definition) is 16. The van der Waals surface area contributed by atoms with Crippen molar-refractivity contribution in [3.05, 3.63) is 0 Å². The maximum absolute atomic E-state index is 7.30. The minimum Gasteiger partial charge on any atom is -0.376 e. The van der Waals surface area contributed by atoms with Crippen molar-refractivity contribution in [2.45, 2.75) is 513 Å². The van der Waals surface area contributed by atoms with Crippen LogP contribution in [0.3, 0.4) is 0 Å².